The normalized spacial score (nSPS) is 15.4. The molecule has 1 heterocycles. The molecular weight excluding hydrogens is 456 g/mol. The van der Waals surface area contributed by atoms with Gasteiger partial charge in [-0.3, -0.25) is 13.9 Å². The van der Waals surface area contributed by atoms with Gasteiger partial charge in [-0.25, -0.2) is 22.0 Å². The number of primary sulfonamides is 1. The van der Waals surface area contributed by atoms with Crippen molar-refractivity contribution in [3.8, 4) is 0 Å². The number of amides is 2. The molecule has 0 aliphatic carbocycles. The molecule has 1 aliphatic rings. The number of carbonyl (C=O) groups is 2. The van der Waals surface area contributed by atoms with Crippen LogP contribution in [0, 0.1) is 6.92 Å². The molecule has 0 radical (unpaired) electrons. The molecule has 10 nitrogen and oxygen atoms in total. The summed E-state index contributed by atoms with van der Waals surface area (Å²) in [5.41, 5.74) is 2.23. The first-order chi connectivity index (χ1) is 15.0. The monoisotopic (exact) mass is 480 g/mol. The van der Waals surface area contributed by atoms with E-state index in [0.29, 0.717) is 36.3 Å². The highest BCUT2D eigenvalue weighted by atomic mass is 32.2. The van der Waals surface area contributed by atoms with E-state index in [0.717, 1.165) is 5.56 Å². The van der Waals surface area contributed by atoms with Gasteiger partial charge < -0.3 is 10.6 Å². The molecule has 1 aliphatic heterocycles. The van der Waals surface area contributed by atoms with Crippen molar-refractivity contribution in [1.82, 2.24) is 5.32 Å². The lowest BCUT2D eigenvalue weighted by Gasteiger charge is -2.19. The van der Waals surface area contributed by atoms with E-state index < -0.39 is 31.9 Å². The summed E-state index contributed by atoms with van der Waals surface area (Å²) in [5, 5.41) is 10.1. The maximum atomic E-state index is 12.3. The Kier molecular flexibility index (Phi) is 6.86. The number of hydrogen-bond acceptors (Lipinski definition) is 6. The predicted octanol–water partition coefficient (Wildman–Crippen LogP) is 0.480. The average molecular weight is 481 g/mol. The summed E-state index contributed by atoms with van der Waals surface area (Å²) in [6.45, 7) is 2.27. The Bertz CT molecular complexity index is 1240. The summed E-state index contributed by atoms with van der Waals surface area (Å²) in [7, 11) is -7.14. The number of hydrogen-bond donors (Lipinski definition) is 3. The van der Waals surface area contributed by atoms with Crippen molar-refractivity contribution in [3.63, 3.8) is 0 Å². The average Bonchev–Trinajstić information content (AvgIpc) is 3.08. The van der Waals surface area contributed by atoms with Crippen LogP contribution in [0.5, 0.6) is 0 Å². The lowest BCUT2D eigenvalue weighted by Crippen LogP contribution is -2.36. The van der Waals surface area contributed by atoms with Crippen LogP contribution in [0.25, 0.3) is 0 Å². The lowest BCUT2D eigenvalue weighted by molar-refractivity contribution is -0.136. The van der Waals surface area contributed by atoms with Crippen LogP contribution in [0.15, 0.2) is 47.4 Å². The van der Waals surface area contributed by atoms with Gasteiger partial charge in [0.1, 0.15) is 0 Å². The van der Waals surface area contributed by atoms with Gasteiger partial charge in [0.15, 0.2) is 0 Å². The fourth-order valence-corrected chi connectivity index (χ4v) is 5.33. The summed E-state index contributed by atoms with van der Waals surface area (Å²) in [6, 6.07) is 10.8. The summed E-state index contributed by atoms with van der Waals surface area (Å²) >= 11 is 0. The molecule has 32 heavy (non-hydrogen) atoms. The second-order valence-electron chi connectivity index (χ2n) is 7.39. The van der Waals surface area contributed by atoms with Crippen LogP contribution in [-0.4, -0.2) is 47.5 Å². The van der Waals surface area contributed by atoms with E-state index in [4.69, 9.17) is 5.14 Å². The van der Waals surface area contributed by atoms with Crippen LogP contribution in [0.1, 0.15) is 17.5 Å². The number of nitrogens with zero attached hydrogens (tertiary/aromatic N) is 1. The van der Waals surface area contributed by atoms with Crippen molar-refractivity contribution < 1.29 is 26.4 Å². The molecule has 0 unspecified atom stereocenters. The van der Waals surface area contributed by atoms with Crippen molar-refractivity contribution in [2.24, 2.45) is 5.14 Å². The van der Waals surface area contributed by atoms with Crippen molar-refractivity contribution in [1.29, 1.82) is 0 Å². The summed E-state index contributed by atoms with van der Waals surface area (Å²) < 4.78 is 48.1. The number of benzene rings is 2. The fourth-order valence-electron chi connectivity index (χ4n) is 3.25. The zero-order valence-corrected chi connectivity index (χ0v) is 19.0. The number of anilines is 2. The third kappa shape index (κ3) is 5.64. The van der Waals surface area contributed by atoms with Gasteiger partial charge in [-0.05, 0) is 55.2 Å². The van der Waals surface area contributed by atoms with Crippen molar-refractivity contribution in [2.75, 3.05) is 28.5 Å². The zero-order chi connectivity index (χ0) is 23.5. The van der Waals surface area contributed by atoms with Gasteiger partial charge in [-0.1, -0.05) is 18.2 Å². The Hall–Kier alpha value is -2.96. The second-order valence-corrected chi connectivity index (χ2v) is 11.0. The maximum absolute atomic E-state index is 12.3. The number of aryl methyl sites for hydroxylation is 1. The smallest absolute Gasteiger partial charge is 0.313 e. The van der Waals surface area contributed by atoms with Crippen LogP contribution >= 0.6 is 0 Å². The van der Waals surface area contributed by atoms with E-state index in [2.05, 4.69) is 10.6 Å². The molecule has 4 N–H and O–H groups in total. The molecule has 1 saturated heterocycles. The van der Waals surface area contributed by atoms with Crippen LogP contribution in [0.4, 0.5) is 11.4 Å². The molecule has 3 rings (SSSR count). The van der Waals surface area contributed by atoms with Crippen molar-refractivity contribution >= 4 is 43.2 Å². The Morgan fingerprint density at radius 1 is 1.09 bits per heavy atom. The summed E-state index contributed by atoms with van der Waals surface area (Å²) in [5.74, 6) is -1.64. The third-order valence-corrected chi connectivity index (χ3v) is 7.81. The molecule has 2 amide bonds. The minimum Gasteiger partial charge on any atom is -0.347 e. The molecule has 2 aromatic carbocycles. The minimum atomic E-state index is -3.77. The molecule has 0 atom stereocenters. The van der Waals surface area contributed by atoms with Gasteiger partial charge in [0.05, 0.1) is 16.3 Å². The number of sulfonamides is 2. The van der Waals surface area contributed by atoms with Gasteiger partial charge in [0, 0.05) is 18.8 Å². The number of nitrogens with two attached hydrogens (primary N) is 1. The quantitative estimate of drug-likeness (QED) is 0.511. The zero-order valence-electron chi connectivity index (χ0n) is 17.4. The second kappa shape index (κ2) is 9.27. The fraction of sp³-hybridized carbons (Fsp3) is 0.300. The summed E-state index contributed by atoms with van der Waals surface area (Å²) in [6.07, 6.45) is 0.913. The predicted molar refractivity (Wildman–Crippen MR) is 120 cm³/mol. The standard InChI is InChI=1S/C20H24N4O6S2/c1-14-3-6-16(24-11-2-12-31(24,27)28)13-18(14)23-20(26)19(25)22-10-9-15-4-7-17(8-5-15)32(21,29)30/h3-8,13H,2,9-12H2,1H3,(H,22,25)(H,23,26)(H2,21,29,30). The number of carbonyl (C=O) groups excluding carboxylic acids is 2. The Morgan fingerprint density at radius 3 is 2.38 bits per heavy atom. The molecule has 1 fully saturated rings. The molecule has 0 spiro atoms. The van der Waals surface area contributed by atoms with Crippen LogP contribution in [-0.2, 0) is 36.1 Å². The van der Waals surface area contributed by atoms with Gasteiger partial charge in [0.2, 0.25) is 20.0 Å². The minimum absolute atomic E-state index is 0.0102. The highest BCUT2D eigenvalue weighted by Gasteiger charge is 2.29. The molecule has 12 heteroatoms. The molecule has 0 aromatic heterocycles. The van der Waals surface area contributed by atoms with E-state index >= 15 is 0 Å². The van der Waals surface area contributed by atoms with E-state index in [1.54, 1.807) is 31.2 Å². The Morgan fingerprint density at radius 2 is 1.78 bits per heavy atom. The van der Waals surface area contributed by atoms with E-state index in [1.165, 1.54) is 22.5 Å². The highest BCUT2D eigenvalue weighted by molar-refractivity contribution is 7.93. The third-order valence-electron chi connectivity index (χ3n) is 5.01. The highest BCUT2D eigenvalue weighted by Crippen LogP contribution is 2.28. The first-order valence-electron chi connectivity index (χ1n) is 9.79. The van der Waals surface area contributed by atoms with E-state index in [-0.39, 0.29) is 17.2 Å². The first-order valence-corrected chi connectivity index (χ1v) is 12.9. The van der Waals surface area contributed by atoms with Gasteiger partial charge in [0.25, 0.3) is 0 Å². The maximum Gasteiger partial charge on any atom is 0.313 e. The van der Waals surface area contributed by atoms with Crippen molar-refractivity contribution in [3.05, 3.63) is 53.6 Å². The molecule has 172 valence electrons. The molecular formula is C20H24N4O6S2. The van der Waals surface area contributed by atoms with Gasteiger partial charge >= 0.3 is 11.8 Å². The molecule has 2 aromatic rings. The van der Waals surface area contributed by atoms with Crippen LogP contribution < -0.4 is 20.1 Å². The topological polar surface area (TPSA) is 156 Å². The molecule has 0 bridgehead atoms. The summed E-state index contributed by atoms with van der Waals surface area (Å²) in [4.78, 5) is 24.4. The Balaban J connectivity index is 1.57. The van der Waals surface area contributed by atoms with Gasteiger partial charge in [-0.2, -0.15) is 0 Å². The van der Waals surface area contributed by atoms with E-state index in [1.807, 2.05) is 0 Å². The van der Waals surface area contributed by atoms with Crippen molar-refractivity contribution in [2.45, 2.75) is 24.7 Å². The largest absolute Gasteiger partial charge is 0.347 e. The SMILES string of the molecule is Cc1ccc(N2CCCS2(=O)=O)cc1NC(=O)C(=O)NCCc1ccc(S(N)(=O)=O)cc1. The number of rotatable bonds is 6. The van der Waals surface area contributed by atoms with Crippen LogP contribution in [0.3, 0.4) is 0 Å². The Labute approximate surface area is 186 Å². The lowest BCUT2D eigenvalue weighted by atomic mass is 10.1. The molecule has 0 saturated carbocycles. The first kappa shape index (κ1) is 23.7. The van der Waals surface area contributed by atoms with Gasteiger partial charge in [-0.15, -0.1) is 0 Å². The van der Waals surface area contributed by atoms with E-state index in [9.17, 15) is 26.4 Å². The number of nitrogens with one attached hydrogen (secondary N) is 2. The van der Waals surface area contributed by atoms with Crippen LogP contribution in [0.2, 0.25) is 0 Å².